The Labute approximate surface area is 267 Å². The van der Waals surface area contributed by atoms with Gasteiger partial charge < -0.3 is 9.47 Å². The first-order valence-corrected chi connectivity index (χ1v) is 15.9. The van der Waals surface area contributed by atoms with Gasteiger partial charge in [0.15, 0.2) is 23.0 Å². The van der Waals surface area contributed by atoms with Crippen LogP contribution in [-0.4, -0.2) is 5.78 Å². The molecule has 0 atom stereocenters. The van der Waals surface area contributed by atoms with Crippen molar-refractivity contribution in [3.8, 4) is 33.8 Å². The Balaban J connectivity index is 1.52. The molecule has 1 aromatic carbocycles. The molecule has 0 bridgehead atoms. The van der Waals surface area contributed by atoms with Gasteiger partial charge in [-0.2, -0.15) is 0 Å². The predicted molar refractivity (Wildman–Crippen MR) is 187 cm³/mol. The average molecular weight is 595 g/mol. The van der Waals surface area contributed by atoms with Crippen LogP contribution in [0.15, 0.2) is 78.2 Å². The third-order valence-corrected chi connectivity index (χ3v) is 9.07. The Bertz CT molecular complexity index is 1970. The molecule has 3 heteroatoms. The number of hydrogen-bond acceptors (Lipinski definition) is 3. The Kier molecular flexibility index (Phi) is 7.91. The van der Waals surface area contributed by atoms with E-state index in [4.69, 9.17) is 9.47 Å². The molecule has 0 spiro atoms. The average Bonchev–Trinajstić information content (AvgIpc) is 3.22. The fourth-order valence-corrected chi connectivity index (χ4v) is 6.41. The third-order valence-electron chi connectivity index (χ3n) is 9.07. The van der Waals surface area contributed by atoms with Crippen molar-refractivity contribution >= 4 is 17.9 Å². The molecule has 0 amide bonds. The van der Waals surface area contributed by atoms with Crippen molar-refractivity contribution in [2.45, 2.75) is 74.1 Å². The summed E-state index contributed by atoms with van der Waals surface area (Å²) < 4.78 is 12.8. The van der Waals surface area contributed by atoms with Crippen LogP contribution < -0.4 is 9.47 Å². The number of rotatable bonds is 4. The molecule has 0 saturated heterocycles. The summed E-state index contributed by atoms with van der Waals surface area (Å²) in [4.78, 5) is 14.4. The van der Waals surface area contributed by atoms with Crippen LogP contribution in [0.5, 0.6) is 11.5 Å². The zero-order valence-electron chi connectivity index (χ0n) is 27.9. The SMILES string of the molecule is Cc1ccc2c(c1)OC(=Cc1cc(C)c3cc(C(C)C)ccc(C)c1-3)C(=O)C(=Cc1cc(C)c3cc(C(C)C)ccc(C)c1-3)O2. The van der Waals surface area contributed by atoms with Gasteiger partial charge in [-0.3, -0.25) is 4.79 Å². The minimum Gasteiger partial charge on any atom is -0.449 e. The standard InChI is InChI=1S/C42H42O3/c1-23(2)30-13-11-26(6)40-32(17-28(8)34(40)19-30)21-38-42(43)39(45-37-16-25(5)10-15-36(37)44-38)22-33-18-29(9)35-20-31(24(3)4)14-12-27(7)41(33)35/h10-24H,1-9H3. The number of ketones is 1. The van der Waals surface area contributed by atoms with Crippen molar-refractivity contribution in [3.63, 3.8) is 0 Å². The molecule has 0 unspecified atom stereocenters. The van der Waals surface area contributed by atoms with E-state index in [1.807, 2.05) is 37.3 Å². The summed E-state index contributed by atoms with van der Waals surface area (Å²) in [5.41, 5.74) is 14.8. The van der Waals surface area contributed by atoms with Gasteiger partial charge in [0.1, 0.15) is 0 Å². The van der Waals surface area contributed by atoms with E-state index in [2.05, 4.69) is 104 Å². The van der Waals surface area contributed by atoms with Crippen molar-refractivity contribution < 1.29 is 14.3 Å². The predicted octanol–water partition coefficient (Wildman–Crippen LogP) is 11.1. The number of carbonyl (C=O) groups is 1. The smallest absolute Gasteiger partial charge is 0.263 e. The second kappa shape index (κ2) is 11.7. The molecule has 0 saturated carbocycles. The van der Waals surface area contributed by atoms with E-state index in [1.54, 1.807) is 0 Å². The lowest BCUT2D eigenvalue weighted by Crippen LogP contribution is -2.12. The van der Waals surface area contributed by atoms with Gasteiger partial charge >= 0.3 is 0 Å². The van der Waals surface area contributed by atoms with Crippen LogP contribution in [0.1, 0.15) is 89.6 Å². The highest BCUT2D eigenvalue weighted by atomic mass is 16.5. The quantitative estimate of drug-likeness (QED) is 0.194. The minimum atomic E-state index is -0.287. The highest BCUT2D eigenvalue weighted by Crippen LogP contribution is 2.42. The summed E-state index contributed by atoms with van der Waals surface area (Å²) in [6.07, 6.45) is 3.78. The highest BCUT2D eigenvalue weighted by Gasteiger charge is 2.29. The Hall–Kier alpha value is -4.63. The Morgan fingerprint density at radius 3 is 1.47 bits per heavy atom. The van der Waals surface area contributed by atoms with E-state index in [-0.39, 0.29) is 17.3 Å². The van der Waals surface area contributed by atoms with Crippen LogP contribution in [0.25, 0.3) is 34.4 Å². The van der Waals surface area contributed by atoms with Crippen LogP contribution in [0.4, 0.5) is 0 Å². The van der Waals surface area contributed by atoms with Gasteiger partial charge in [0.2, 0.25) is 0 Å². The maximum absolute atomic E-state index is 14.4. The topological polar surface area (TPSA) is 35.5 Å². The van der Waals surface area contributed by atoms with Crippen molar-refractivity contribution in [1.29, 1.82) is 0 Å². The molecule has 5 aliphatic rings. The zero-order valence-corrected chi connectivity index (χ0v) is 27.9. The summed E-state index contributed by atoms with van der Waals surface area (Å²) >= 11 is 0. The fraction of sp³-hybridized carbons (Fsp3) is 0.262. The summed E-state index contributed by atoms with van der Waals surface area (Å²) in [6, 6.07) is 23.4. The first-order valence-electron chi connectivity index (χ1n) is 15.9. The monoisotopic (exact) mass is 594 g/mol. The second-order valence-electron chi connectivity index (χ2n) is 13.3. The number of fused-ring (bicyclic) bond motifs is 3. The van der Waals surface area contributed by atoms with Gasteiger partial charge in [0.05, 0.1) is 0 Å². The van der Waals surface area contributed by atoms with E-state index >= 15 is 0 Å². The largest absolute Gasteiger partial charge is 0.449 e. The molecule has 0 N–H and O–H groups in total. The molecule has 3 nitrogen and oxygen atoms in total. The molecule has 0 fully saturated rings. The first kappa shape index (κ1) is 30.4. The lowest BCUT2D eigenvalue weighted by molar-refractivity contribution is -0.115. The van der Waals surface area contributed by atoms with Gasteiger partial charge in [0, 0.05) is 0 Å². The van der Waals surface area contributed by atoms with Gasteiger partial charge in [-0.25, -0.2) is 0 Å². The number of carbonyl (C=O) groups excluding carboxylic acids is 1. The number of hydrogen-bond donors (Lipinski definition) is 0. The van der Waals surface area contributed by atoms with Crippen molar-refractivity contribution in [2.75, 3.05) is 0 Å². The van der Waals surface area contributed by atoms with Crippen molar-refractivity contribution in [3.05, 3.63) is 128 Å². The summed E-state index contributed by atoms with van der Waals surface area (Å²) in [5.74, 6) is 2.06. The molecule has 0 aromatic heterocycles. The maximum atomic E-state index is 14.4. The van der Waals surface area contributed by atoms with Crippen molar-refractivity contribution in [1.82, 2.24) is 0 Å². The molecular formula is C42H42O3. The molecule has 45 heavy (non-hydrogen) atoms. The Morgan fingerprint density at radius 1 is 0.533 bits per heavy atom. The molecule has 4 aliphatic carbocycles. The minimum absolute atomic E-state index is 0.239. The third kappa shape index (κ3) is 5.68. The summed E-state index contributed by atoms with van der Waals surface area (Å²) in [7, 11) is 0. The summed E-state index contributed by atoms with van der Waals surface area (Å²) in [5, 5.41) is 0. The second-order valence-corrected chi connectivity index (χ2v) is 13.3. The normalized spacial score (nSPS) is 15.2. The van der Waals surface area contributed by atoms with Crippen molar-refractivity contribution in [2.24, 2.45) is 0 Å². The number of ether oxygens (including phenoxy) is 2. The molecule has 6 rings (SSSR count). The Morgan fingerprint density at radius 2 is 1.00 bits per heavy atom. The molecule has 228 valence electrons. The molecule has 1 aliphatic heterocycles. The number of benzene rings is 1. The van der Waals surface area contributed by atoms with Gasteiger partial charge in [-0.1, -0.05) is 82.3 Å². The van der Waals surface area contributed by atoms with E-state index in [0.717, 1.165) is 38.9 Å². The summed E-state index contributed by atoms with van der Waals surface area (Å²) in [6.45, 7) is 19.4. The molecule has 1 aromatic rings. The van der Waals surface area contributed by atoms with Gasteiger partial charge in [-0.15, -0.1) is 0 Å². The van der Waals surface area contributed by atoms with E-state index < -0.39 is 0 Å². The number of aryl methyl sites for hydroxylation is 5. The maximum Gasteiger partial charge on any atom is 0.263 e. The molecule has 0 radical (unpaired) electrons. The molecule has 1 heterocycles. The van der Waals surface area contributed by atoms with E-state index in [1.165, 1.54) is 33.4 Å². The van der Waals surface area contributed by atoms with Crippen LogP contribution >= 0.6 is 0 Å². The van der Waals surface area contributed by atoms with Crippen LogP contribution in [0.3, 0.4) is 0 Å². The van der Waals surface area contributed by atoms with E-state index in [0.29, 0.717) is 23.3 Å². The number of Topliss-reactive ketones (excluding diaryl/α,β-unsaturated/α-hetero) is 1. The van der Waals surface area contributed by atoms with Crippen LogP contribution in [0.2, 0.25) is 0 Å². The lowest BCUT2D eigenvalue weighted by Gasteiger charge is -2.08. The van der Waals surface area contributed by atoms with Crippen LogP contribution in [0, 0.1) is 34.6 Å². The first-order chi connectivity index (χ1) is 21.4. The van der Waals surface area contributed by atoms with Crippen LogP contribution in [-0.2, 0) is 4.79 Å². The lowest BCUT2D eigenvalue weighted by atomic mass is 9.99. The van der Waals surface area contributed by atoms with Gasteiger partial charge in [0.25, 0.3) is 5.78 Å². The highest BCUT2D eigenvalue weighted by molar-refractivity contribution is 6.12. The zero-order chi connectivity index (χ0) is 32.2. The molecular weight excluding hydrogens is 552 g/mol. The fourth-order valence-electron chi connectivity index (χ4n) is 6.41. The van der Waals surface area contributed by atoms with E-state index in [9.17, 15) is 4.79 Å². The van der Waals surface area contributed by atoms with Gasteiger partial charge in [-0.05, 0) is 143 Å².